The van der Waals surface area contributed by atoms with E-state index in [9.17, 15) is 9.59 Å². The van der Waals surface area contributed by atoms with Crippen LogP contribution in [-0.2, 0) is 29.0 Å². The molecular formula is C29H33ClN2O2. The van der Waals surface area contributed by atoms with E-state index in [-0.39, 0.29) is 18.2 Å². The lowest BCUT2D eigenvalue weighted by atomic mass is 10.0. The highest BCUT2D eigenvalue weighted by atomic mass is 35.5. The van der Waals surface area contributed by atoms with Gasteiger partial charge in [-0.15, -0.1) is 0 Å². The molecule has 0 saturated heterocycles. The molecule has 0 fully saturated rings. The number of benzene rings is 3. The van der Waals surface area contributed by atoms with E-state index in [0.717, 1.165) is 35.1 Å². The molecule has 0 spiro atoms. The molecule has 0 saturated carbocycles. The minimum absolute atomic E-state index is 0.0767. The van der Waals surface area contributed by atoms with Gasteiger partial charge in [0.2, 0.25) is 11.8 Å². The lowest BCUT2D eigenvalue weighted by Gasteiger charge is -2.32. The SMILES string of the molecule is CCCCNC(=O)C(Cc1ccccc1)N(Cc1ccc(Cl)cc1)C(=O)Cc1cccc(C)c1. The first-order valence-corrected chi connectivity index (χ1v) is 12.2. The third-order valence-corrected chi connectivity index (χ3v) is 6.06. The smallest absolute Gasteiger partial charge is 0.243 e. The molecule has 2 amide bonds. The molecule has 0 heterocycles. The molecule has 0 bridgehead atoms. The second kappa shape index (κ2) is 13.0. The Labute approximate surface area is 207 Å². The van der Waals surface area contributed by atoms with Gasteiger partial charge in [-0.2, -0.15) is 0 Å². The second-order valence-electron chi connectivity index (χ2n) is 8.66. The van der Waals surface area contributed by atoms with Gasteiger partial charge < -0.3 is 10.2 Å². The Hall–Kier alpha value is -3.11. The number of aryl methyl sites for hydroxylation is 1. The summed E-state index contributed by atoms with van der Waals surface area (Å²) in [6.07, 6.45) is 2.58. The zero-order valence-corrected chi connectivity index (χ0v) is 20.7. The Bertz CT molecular complexity index is 1070. The zero-order chi connectivity index (χ0) is 24.3. The van der Waals surface area contributed by atoms with Crippen LogP contribution in [0.1, 0.15) is 42.0 Å². The maximum atomic E-state index is 13.7. The van der Waals surface area contributed by atoms with E-state index >= 15 is 0 Å². The Morgan fingerprint density at radius 2 is 1.62 bits per heavy atom. The van der Waals surface area contributed by atoms with Crippen molar-refractivity contribution < 1.29 is 9.59 Å². The second-order valence-corrected chi connectivity index (χ2v) is 9.10. The van der Waals surface area contributed by atoms with E-state index in [1.54, 1.807) is 4.90 Å². The molecule has 0 aliphatic rings. The van der Waals surface area contributed by atoms with Crippen molar-refractivity contribution in [1.29, 1.82) is 0 Å². The number of hydrogen-bond acceptors (Lipinski definition) is 2. The van der Waals surface area contributed by atoms with Crippen LogP contribution in [0.25, 0.3) is 0 Å². The molecule has 1 atom stereocenters. The highest BCUT2D eigenvalue weighted by molar-refractivity contribution is 6.30. The summed E-state index contributed by atoms with van der Waals surface area (Å²) in [4.78, 5) is 28.8. The summed E-state index contributed by atoms with van der Waals surface area (Å²) in [5, 5.41) is 3.69. The summed E-state index contributed by atoms with van der Waals surface area (Å²) < 4.78 is 0. The van der Waals surface area contributed by atoms with Crippen LogP contribution in [0.4, 0.5) is 0 Å². The zero-order valence-electron chi connectivity index (χ0n) is 20.0. The first-order chi connectivity index (χ1) is 16.5. The molecule has 3 rings (SSSR count). The minimum Gasteiger partial charge on any atom is -0.354 e. The van der Waals surface area contributed by atoms with Crippen LogP contribution in [0.5, 0.6) is 0 Å². The number of halogens is 1. The Balaban J connectivity index is 1.93. The highest BCUT2D eigenvalue weighted by Crippen LogP contribution is 2.18. The highest BCUT2D eigenvalue weighted by Gasteiger charge is 2.30. The monoisotopic (exact) mass is 476 g/mol. The van der Waals surface area contributed by atoms with E-state index in [1.807, 2.05) is 85.8 Å². The van der Waals surface area contributed by atoms with Gasteiger partial charge in [0.15, 0.2) is 0 Å². The van der Waals surface area contributed by atoms with E-state index in [0.29, 0.717) is 24.5 Å². The van der Waals surface area contributed by atoms with E-state index in [1.165, 1.54) is 0 Å². The van der Waals surface area contributed by atoms with Crippen molar-refractivity contribution in [3.05, 3.63) is 106 Å². The molecule has 0 radical (unpaired) electrons. The van der Waals surface area contributed by atoms with Gasteiger partial charge in [-0.25, -0.2) is 0 Å². The summed E-state index contributed by atoms with van der Waals surface area (Å²) >= 11 is 6.08. The van der Waals surface area contributed by atoms with Crippen molar-refractivity contribution in [1.82, 2.24) is 10.2 Å². The fourth-order valence-electron chi connectivity index (χ4n) is 3.94. The first-order valence-electron chi connectivity index (χ1n) is 11.9. The van der Waals surface area contributed by atoms with Gasteiger partial charge in [0, 0.05) is 24.5 Å². The van der Waals surface area contributed by atoms with E-state index < -0.39 is 6.04 Å². The van der Waals surface area contributed by atoms with Crippen LogP contribution in [0.2, 0.25) is 5.02 Å². The van der Waals surface area contributed by atoms with Crippen LogP contribution in [0, 0.1) is 6.92 Å². The fraction of sp³-hybridized carbons (Fsp3) is 0.310. The number of carbonyl (C=O) groups is 2. The molecule has 34 heavy (non-hydrogen) atoms. The largest absolute Gasteiger partial charge is 0.354 e. The van der Waals surface area contributed by atoms with Gasteiger partial charge in [-0.05, 0) is 42.2 Å². The quantitative estimate of drug-likeness (QED) is 0.358. The molecule has 0 aromatic heterocycles. The third-order valence-electron chi connectivity index (χ3n) is 5.80. The van der Waals surface area contributed by atoms with Gasteiger partial charge >= 0.3 is 0 Å². The summed E-state index contributed by atoms with van der Waals surface area (Å²) in [5.74, 6) is -0.198. The standard InChI is InChI=1S/C29H33ClN2O2/c1-3-4-17-31-29(34)27(19-23-10-6-5-7-11-23)32(21-24-13-15-26(30)16-14-24)28(33)20-25-12-8-9-22(2)18-25/h5-16,18,27H,3-4,17,19-21H2,1-2H3,(H,31,34). The molecule has 0 aliphatic carbocycles. The third kappa shape index (κ3) is 7.74. The summed E-state index contributed by atoms with van der Waals surface area (Å²) in [6.45, 7) is 5.03. The van der Waals surface area contributed by atoms with Gasteiger partial charge in [-0.1, -0.05) is 97.2 Å². The lowest BCUT2D eigenvalue weighted by molar-refractivity contribution is -0.140. The number of hydrogen-bond donors (Lipinski definition) is 1. The molecular weight excluding hydrogens is 444 g/mol. The normalized spacial score (nSPS) is 11.6. The van der Waals surface area contributed by atoms with E-state index in [2.05, 4.69) is 12.2 Å². The number of amides is 2. The van der Waals surface area contributed by atoms with Crippen LogP contribution in [0.15, 0.2) is 78.9 Å². The first kappa shape index (κ1) is 25.5. The number of carbonyl (C=O) groups excluding carboxylic acids is 2. The Morgan fingerprint density at radius 3 is 2.29 bits per heavy atom. The predicted molar refractivity (Wildman–Crippen MR) is 139 cm³/mol. The van der Waals surface area contributed by atoms with Crippen molar-refractivity contribution in [3.63, 3.8) is 0 Å². The topological polar surface area (TPSA) is 49.4 Å². The molecule has 1 N–H and O–H groups in total. The van der Waals surface area contributed by atoms with E-state index in [4.69, 9.17) is 11.6 Å². The summed E-state index contributed by atoms with van der Waals surface area (Å²) in [7, 11) is 0. The molecule has 3 aromatic rings. The van der Waals surface area contributed by atoms with Crippen molar-refractivity contribution in [3.8, 4) is 0 Å². The van der Waals surface area contributed by atoms with Crippen LogP contribution in [-0.4, -0.2) is 29.3 Å². The number of unbranched alkanes of at least 4 members (excludes halogenated alkanes) is 1. The van der Waals surface area contributed by atoms with Crippen molar-refractivity contribution in [2.45, 2.75) is 52.1 Å². The number of nitrogens with one attached hydrogen (secondary N) is 1. The summed E-state index contributed by atoms with van der Waals surface area (Å²) in [5.41, 5.74) is 3.99. The molecule has 0 aliphatic heterocycles. The summed E-state index contributed by atoms with van der Waals surface area (Å²) in [6, 6.07) is 24.6. The van der Waals surface area contributed by atoms with Crippen molar-refractivity contribution in [2.24, 2.45) is 0 Å². The van der Waals surface area contributed by atoms with Crippen molar-refractivity contribution in [2.75, 3.05) is 6.54 Å². The average molecular weight is 477 g/mol. The maximum Gasteiger partial charge on any atom is 0.243 e. The molecule has 178 valence electrons. The predicted octanol–water partition coefficient (Wildman–Crippen LogP) is 5.75. The van der Waals surface area contributed by atoms with Crippen molar-refractivity contribution >= 4 is 23.4 Å². The Morgan fingerprint density at radius 1 is 0.912 bits per heavy atom. The van der Waals surface area contributed by atoms with Gasteiger partial charge in [0.05, 0.1) is 6.42 Å². The van der Waals surface area contributed by atoms with Crippen LogP contribution in [0.3, 0.4) is 0 Å². The number of rotatable bonds is 11. The van der Waals surface area contributed by atoms with Gasteiger partial charge in [-0.3, -0.25) is 9.59 Å². The molecule has 3 aromatic carbocycles. The lowest BCUT2D eigenvalue weighted by Crippen LogP contribution is -2.51. The maximum absolute atomic E-state index is 13.7. The van der Waals surface area contributed by atoms with Crippen LogP contribution >= 0.6 is 11.6 Å². The fourth-order valence-corrected chi connectivity index (χ4v) is 4.07. The molecule has 1 unspecified atom stereocenters. The van der Waals surface area contributed by atoms with Crippen LogP contribution < -0.4 is 5.32 Å². The average Bonchev–Trinajstić information content (AvgIpc) is 2.83. The van der Waals surface area contributed by atoms with Gasteiger partial charge in [0.1, 0.15) is 6.04 Å². The Kier molecular flexibility index (Phi) is 9.72. The molecule has 4 nitrogen and oxygen atoms in total. The molecule has 5 heteroatoms. The minimum atomic E-state index is -0.618. The number of nitrogens with zero attached hydrogens (tertiary/aromatic N) is 1. The van der Waals surface area contributed by atoms with Gasteiger partial charge in [0.25, 0.3) is 0 Å².